The molecule has 0 saturated carbocycles. The Balaban J connectivity index is 4.26. The second kappa shape index (κ2) is 60.6. The lowest BCUT2D eigenvalue weighted by Crippen LogP contribution is -2.30. The van der Waals surface area contributed by atoms with Crippen LogP contribution in [0.25, 0.3) is 0 Å². The highest BCUT2D eigenvalue weighted by Crippen LogP contribution is 2.20. The second-order valence-corrected chi connectivity index (χ2v) is 24.2. The Bertz CT molecular complexity index is 1140. The van der Waals surface area contributed by atoms with E-state index in [2.05, 4.69) is 34.6 Å². The molecular weight excluding hydrogens is 913 g/mol. The first-order chi connectivity index (χ1) is 36.3. The van der Waals surface area contributed by atoms with E-state index in [9.17, 15) is 14.4 Å². The van der Waals surface area contributed by atoms with Crippen LogP contribution in [0.4, 0.5) is 0 Å². The summed E-state index contributed by atoms with van der Waals surface area (Å²) in [6.07, 6.45) is 68.2. The zero-order valence-corrected chi connectivity index (χ0v) is 51.0. The van der Waals surface area contributed by atoms with Crippen molar-refractivity contribution >= 4 is 17.9 Å². The molecule has 0 N–H and O–H groups in total. The maximum absolute atomic E-state index is 12.9. The van der Waals surface area contributed by atoms with Gasteiger partial charge < -0.3 is 14.2 Å². The van der Waals surface area contributed by atoms with Crippen LogP contribution >= 0.6 is 0 Å². The minimum absolute atomic E-state index is 0.0614. The molecule has 6 heteroatoms. The van der Waals surface area contributed by atoms with E-state index in [0.717, 1.165) is 69.6 Å². The first-order valence-electron chi connectivity index (χ1n) is 33.8. The number of rotatable bonds is 62. The monoisotopic (exact) mass is 1050 g/mol. The van der Waals surface area contributed by atoms with Gasteiger partial charge >= 0.3 is 17.9 Å². The molecule has 0 aromatic carbocycles. The molecule has 74 heavy (non-hydrogen) atoms. The maximum atomic E-state index is 12.9. The zero-order valence-electron chi connectivity index (χ0n) is 51.0. The highest BCUT2D eigenvalue weighted by atomic mass is 16.6. The average molecular weight is 1050 g/mol. The van der Waals surface area contributed by atoms with Crippen LogP contribution in [0.1, 0.15) is 388 Å². The van der Waals surface area contributed by atoms with E-state index < -0.39 is 6.10 Å². The van der Waals surface area contributed by atoms with Crippen molar-refractivity contribution in [2.75, 3.05) is 13.2 Å². The van der Waals surface area contributed by atoms with Gasteiger partial charge in [0.1, 0.15) is 13.2 Å². The Labute approximate surface area is 463 Å². The molecule has 0 aliphatic rings. The summed E-state index contributed by atoms with van der Waals surface area (Å²) in [4.78, 5) is 38.4. The first-order valence-corrected chi connectivity index (χ1v) is 33.8. The van der Waals surface area contributed by atoms with Gasteiger partial charge in [0.15, 0.2) is 6.10 Å². The van der Waals surface area contributed by atoms with Gasteiger partial charge in [-0.25, -0.2) is 0 Å². The van der Waals surface area contributed by atoms with E-state index in [1.165, 1.54) is 276 Å². The molecule has 0 aromatic rings. The van der Waals surface area contributed by atoms with Gasteiger partial charge in [-0.2, -0.15) is 0 Å². The predicted molar refractivity (Wildman–Crippen MR) is 321 cm³/mol. The Morgan fingerprint density at radius 2 is 0.514 bits per heavy atom. The summed E-state index contributed by atoms with van der Waals surface area (Å²) in [5.74, 6) is 0.932. The van der Waals surface area contributed by atoms with Gasteiger partial charge in [0.05, 0.1) is 0 Å². The van der Waals surface area contributed by atoms with Crippen molar-refractivity contribution in [3.8, 4) is 0 Å². The van der Waals surface area contributed by atoms with Crippen molar-refractivity contribution in [1.29, 1.82) is 0 Å². The minimum Gasteiger partial charge on any atom is -0.462 e. The molecule has 0 rings (SSSR count). The summed E-state index contributed by atoms with van der Waals surface area (Å²) < 4.78 is 17.0. The number of hydrogen-bond donors (Lipinski definition) is 0. The van der Waals surface area contributed by atoms with Crippen molar-refractivity contribution in [2.24, 2.45) is 11.8 Å². The van der Waals surface area contributed by atoms with Crippen molar-refractivity contribution in [3.63, 3.8) is 0 Å². The van der Waals surface area contributed by atoms with Crippen LogP contribution in [0, 0.1) is 11.8 Å². The molecule has 0 aliphatic carbocycles. The van der Waals surface area contributed by atoms with Gasteiger partial charge in [-0.05, 0) is 31.1 Å². The molecule has 0 fully saturated rings. The molecule has 0 bridgehead atoms. The van der Waals surface area contributed by atoms with Crippen molar-refractivity contribution < 1.29 is 28.6 Å². The molecule has 440 valence electrons. The van der Waals surface area contributed by atoms with Crippen molar-refractivity contribution in [1.82, 2.24) is 0 Å². The van der Waals surface area contributed by atoms with Crippen molar-refractivity contribution in [3.05, 3.63) is 0 Å². The number of hydrogen-bond acceptors (Lipinski definition) is 6. The Kier molecular flexibility index (Phi) is 59.3. The summed E-state index contributed by atoms with van der Waals surface area (Å²) >= 11 is 0. The standard InChI is InChI=1S/C68H132O6/c1-6-8-9-10-11-12-13-14-15-23-30-35-40-45-50-55-60-68(71)74-65(62-73-67(70)59-54-49-44-39-34-29-25-20-21-26-31-36-41-46-51-56-63(3)4)61-72-66(69)58-53-48-43-38-33-28-24-19-17-16-18-22-27-32-37-42-47-52-57-64(5)7-2/h63-65H,6-62H2,1-5H3/t64?,65-/m1/s1. The summed E-state index contributed by atoms with van der Waals surface area (Å²) in [6.45, 7) is 11.5. The molecule has 0 aromatic heterocycles. The summed E-state index contributed by atoms with van der Waals surface area (Å²) in [5.41, 5.74) is 0. The largest absolute Gasteiger partial charge is 0.462 e. The number of esters is 3. The number of carbonyl (C=O) groups excluding carboxylic acids is 3. The molecule has 0 saturated heterocycles. The van der Waals surface area contributed by atoms with Crippen LogP contribution in [0.15, 0.2) is 0 Å². The van der Waals surface area contributed by atoms with E-state index in [-0.39, 0.29) is 31.1 Å². The molecule has 0 aliphatic heterocycles. The van der Waals surface area contributed by atoms with Crippen molar-refractivity contribution in [2.45, 2.75) is 394 Å². The van der Waals surface area contributed by atoms with Gasteiger partial charge in [-0.1, -0.05) is 349 Å². The van der Waals surface area contributed by atoms with E-state index >= 15 is 0 Å². The fourth-order valence-corrected chi connectivity index (χ4v) is 10.6. The Hall–Kier alpha value is -1.59. The van der Waals surface area contributed by atoms with E-state index in [1.807, 2.05) is 0 Å². The molecule has 6 nitrogen and oxygen atoms in total. The van der Waals surface area contributed by atoms with Crippen LogP contribution in [0.5, 0.6) is 0 Å². The molecule has 0 radical (unpaired) electrons. The number of ether oxygens (including phenoxy) is 3. The molecule has 0 spiro atoms. The first kappa shape index (κ1) is 72.4. The summed E-state index contributed by atoms with van der Waals surface area (Å²) in [5, 5.41) is 0. The third kappa shape index (κ3) is 59.7. The lowest BCUT2D eigenvalue weighted by molar-refractivity contribution is -0.167. The molecule has 2 atom stereocenters. The number of carbonyl (C=O) groups is 3. The normalized spacial score (nSPS) is 12.4. The smallest absolute Gasteiger partial charge is 0.306 e. The van der Waals surface area contributed by atoms with Gasteiger partial charge in [0, 0.05) is 19.3 Å². The quantitative estimate of drug-likeness (QED) is 0.0343. The maximum Gasteiger partial charge on any atom is 0.306 e. The van der Waals surface area contributed by atoms with Crippen LogP contribution in [0.2, 0.25) is 0 Å². The highest BCUT2D eigenvalue weighted by Gasteiger charge is 2.20. The lowest BCUT2D eigenvalue weighted by atomic mass is 9.99. The average Bonchev–Trinajstić information content (AvgIpc) is 3.39. The Morgan fingerprint density at radius 3 is 0.770 bits per heavy atom. The van der Waals surface area contributed by atoms with Gasteiger partial charge in [0.2, 0.25) is 0 Å². The topological polar surface area (TPSA) is 78.9 Å². The summed E-state index contributed by atoms with van der Waals surface area (Å²) in [7, 11) is 0. The molecular formula is C68H132O6. The highest BCUT2D eigenvalue weighted by molar-refractivity contribution is 5.71. The lowest BCUT2D eigenvalue weighted by Gasteiger charge is -2.18. The van der Waals surface area contributed by atoms with Crippen LogP contribution in [-0.2, 0) is 28.6 Å². The molecule has 0 amide bonds. The van der Waals surface area contributed by atoms with Crippen LogP contribution < -0.4 is 0 Å². The Morgan fingerprint density at radius 1 is 0.284 bits per heavy atom. The predicted octanol–water partition coefficient (Wildman–Crippen LogP) is 22.8. The van der Waals surface area contributed by atoms with Gasteiger partial charge in [-0.15, -0.1) is 0 Å². The van der Waals surface area contributed by atoms with Crippen LogP contribution in [0.3, 0.4) is 0 Å². The van der Waals surface area contributed by atoms with E-state index in [0.29, 0.717) is 19.3 Å². The SMILES string of the molecule is CCCCCCCCCCCCCCCCCCC(=O)O[C@H](COC(=O)CCCCCCCCCCCCCCCCCCCCC(C)CC)COC(=O)CCCCCCCCCCCCCCCCCC(C)C. The minimum atomic E-state index is -0.764. The number of unbranched alkanes of at least 4 members (excludes halogenated alkanes) is 46. The third-order valence-corrected chi connectivity index (χ3v) is 16.1. The third-order valence-electron chi connectivity index (χ3n) is 16.1. The van der Waals surface area contributed by atoms with Gasteiger partial charge in [0.25, 0.3) is 0 Å². The fraction of sp³-hybridized carbons (Fsp3) is 0.956. The zero-order chi connectivity index (χ0) is 53.9. The van der Waals surface area contributed by atoms with E-state index in [1.54, 1.807) is 0 Å². The second-order valence-electron chi connectivity index (χ2n) is 24.2. The van der Waals surface area contributed by atoms with Crippen LogP contribution in [-0.4, -0.2) is 37.2 Å². The summed E-state index contributed by atoms with van der Waals surface area (Å²) in [6, 6.07) is 0. The van der Waals surface area contributed by atoms with E-state index in [4.69, 9.17) is 14.2 Å². The molecule has 1 unspecified atom stereocenters. The molecule has 0 heterocycles. The fourth-order valence-electron chi connectivity index (χ4n) is 10.6. The van der Waals surface area contributed by atoms with Gasteiger partial charge in [-0.3, -0.25) is 14.4 Å².